The Bertz CT molecular complexity index is 498. The van der Waals surface area contributed by atoms with Gasteiger partial charge in [0.15, 0.2) is 0 Å². The van der Waals surface area contributed by atoms with Gasteiger partial charge in [-0.25, -0.2) is 9.97 Å². The summed E-state index contributed by atoms with van der Waals surface area (Å²) in [6.07, 6.45) is 4.52. The Morgan fingerprint density at radius 1 is 1.43 bits per heavy atom. The average molecular weight is 252 g/mol. The number of nitrogens with zero attached hydrogens (tertiary/aromatic N) is 3. The van der Waals surface area contributed by atoms with E-state index >= 15 is 0 Å². The number of halogens is 1. The Hall–Kier alpha value is -1.49. The minimum atomic E-state index is 0.757. The monoisotopic (exact) mass is 251 g/mol. The fraction of sp³-hybridized carbons (Fsp3) is 0. The van der Waals surface area contributed by atoms with Gasteiger partial charge in [-0.1, -0.05) is 21.1 Å². The molecule has 1 aromatic carbocycles. The van der Waals surface area contributed by atoms with Crippen LogP contribution < -0.4 is 0 Å². The first-order valence-electron chi connectivity index (χ1n) is 3.88. The maximum atomic E-state index is 8.46. The molecule has 0 saturated carbocycles. The van der Waals surface area contributed by atoms with Crippen LogP contribution in [0.2, 0.25) is 0 Å². The van der Waals surface area contributed by atoms with E-state index in [1.54, 1.807) is 6.20 Å². The number of benzene rings is 1. The maximum Gasteiger partial charge on any atom is 0.116 e. The van der Waals surface area contributed by atoms with E-state index in [1.807, 2.05) is 12.1 Å². The third-order valence-corrected chi connectivity index (χ3v) is 2.54. The highest BCUT2D eigenvalue weighted by atomic mass is 79.9. The lowest BCUT2D eigenvalue weighted by Crippen LogP contribution is -1.89. The molecule has 0 aliphatic carbocycles. The minimum absolute atomic E-state index is 0.757. The number of aromatic nitrogens is 2. The van der Waals surface area contributed by atoms with Gasteiger partial charge in [0.1, 0.15) is 6.33 Å². The third-order valence-electron chi connectivity index (χ3n) is 1.85. The largest absolute Gasteiger partial charge is 0.411 e. The van der Waals surface area contributed by atoms with Crippen molar-refractivity contribution in [2.75, 3.05) is 0 Å². The van der Waals surface area contributed by atoms with E-state index in [2.05, 4.69) is 31.1 Å². The smallest absolute Gasteiger partial charge is 0.116 e. The van der Waals surface area contributed by atoms with E-state index in [9.17, 15) is 0 Å². The van der Waals surface area contributed by atoms with Gasteiger partial charge in [0.2, 0.25) is 0 Å². The second-order valence-electron chi connectivity index (χ2n) is 2.67. The Kier molecular flexibility index (Phi) is 2.41. The van der Waals surface area contributed by atoms with Crippen molar-refractivity contribution >= 4 is 33.0 Å². The van der Waals surface area contributed by atoms with Crippen molar-refractivity contribution in [1.82, 2.24) is 9.97 Å². The third kappa shape index (κ3) is 1.46. The number of oxime groups is 1. The zero-order valence-corrected chi connectivity index (χ0v) is 8.64. The molecule has 0 aliphatic rings. The van der Waals surface area contributed by atoms with Crippen LogP contribution in [0.1, 0.15) is 5.56 Å². The van der Waals surface area contributed by atoms with Crippen LogP contribution in [0.4, 0.5) is 0 Å². The SMILES string of the molecule is ON=Cc1ccc(Br)c2cncnc12. The molecule has 0 saturated heterocycles. The van der Waals surface area contributed by atoms with Crippen molar-refractivity contribution in [3.05, 3.63) is 34.7 Å². The van der Waals surface area contributed by atoms with Gasteiger partial charge < -0.3 is 5.21 Å². The molecule has 0 bridgehead atoms. The number of rotatable bonds is 1. The molecule has 1 heterocycles. The maximum absolute atomic E-state index is 8.46. The molecule has 1 aromatic heterocycles. The van der Waals surface area contributed by atoms with Crippen molar-refractivity contribution in [3.63, 3.8) is 0 Å². The van der Waals surface area contributed by atoms with Gasteiger partial charge in [-0.05, 0) is 12.1 Å². The zero-order chi connectivity index (χ0) is 9.97. The fourth-order valence-electron chi connectivity index (χ4n) is 1.23. The molecule has 4 nitrogen and oxygen atoms in total. The number of hydrogen-bond acceptors (Lipinski definition) is 4. The molecule has 14 heavy (non-hydrogen) atoms. The van der Waals surface area contributed by atoms with E-state index < -0.39 is 0 Å². The lowest BCUT2D eigenvalue weighted by atomic mass is 10.1. The summed E-state index contributed by atoms with van der Waals surface area (Å²) in [5.41, 5.74) is 1.51. The van der Waals surface area contributed by atoms with E-state index in [4.69, 9.17) is 5.21 Å². The van der Waals surface area contributed by atoms with Crippen molar-refractivity contribution in [1.29, 1.82) is 0 Å². The zero-order valence-electron chi connectivity index (χ0n) is 7.05. The van der Waals surface area contributed by atoms with Crippen molar-refractivity contribution < 1.29 is 5.21 Å². The molecular formula is C9H6BrN3O. The van der Waals surface area contributed by atoms with Crippen LogP contribution in [0.25, 0.3) is 10.9 Å². The average Bonchev–Trinajstić information content (AvgIpc) is 2.23. The quantitative estimate of drug-likeness (QED) is 0.480. The normalized spacial score (nSPS) is 11.2. The number of fused-ring (bicyclic) bond motifs is 1. The van der Waals surface area contributed by atoms with Gasteiger partial charge in [-0.15, -0.1) is 0 Å². The summed E-state index contributed by atoms with van der Waals surface area (Å²) in [6, 6.07) is 3.68. The second kappa shape index (κ2) is 3.71. The molecule has 0 aliphatic heterocycles. The summed E-state index contributed by atoms with van der Waals surface area (Å²) in [4.78, 5) is 8.04. The predicted octanol–water partition coefficient (Wildman–Crippen LogP) is 2.20. The lowest BCUT2D eigenvalue weighted by molar-refractivity contribution is 0.322. The highest BCUT2D eigenvalue weighted by Crippen LogP contribution is 2.23. The Balaban J connectivity index is 2.81. The highest BCUT2D eigenvalue weighted by molar-refractivity contribution is 9.10. The van der Waals surface area contributed by atoms with E-state index in [1.165, 1.54) is 12.5 Å². The number of hydrogen-bond donors (Lipinski definition) is 1. The van der Waals surface area contributed by atoms with Crippen molar-refractivity contribution in [2.24, 2.45) is 5.16 Å². The van der Waals surface area contributed by atoms with Crippen LogP contribution in [-0.4, -0.2) is 21.4 Å². The highest BCUT2D eigenvalue weighted by Gasteiger charge is 2.03. The predicted molar refractivity (Wildman–Crippen MR) is 56.6 cm³/mol. The molecule has 1 N–H and O–H groups in total. The van der Waals surface area contributed by atoms with Gasteiger partial charge >= 0.3 is 0 Å². The summed E-state index contributed by atoms with van der Waals surface area (Å²) in [5, 5.41) is 12.3. The van der Waals surface area contributed by atoms with Gasteiger partial charge in [-0.3, -0.25) is 0 Å². The molecule has 70 valence electrons. The molecule has 0 spiro atoms. The molecule has 2 rings (SSSR count). The van der Waals surface area contributed by atoms with Crippen LogP contribution in [0, 0.1) is 0 Å². The second-order valence-corrected chi connectivity index (χ2v) is 3.52. The summed E-state index contributed by atoms with van der Waals surface area (Å²) in [7, 11) is 0. The standard InChI is InChI=1S/C9H6BrN3O/c10-8-2-1-6(3-13-14)9-7(8)4-11-5-12-9/h1-5,14H. The molecule has 0 fully saturated rings. The van der Waals surface area contributed by atoms with E-state index in [0.29, 0.717) is 0 Å². The molecule has 5 heteroatoms. The molecule has 0 amide bonds. The van der Waals surface area contributed by atoms with Gasteiger partial charge in [-0.2, -0.15) is 0 Å². The first-order valence-corrected chi connectivity index (χ1v) is 4.68. The van der Waals surface area contributed by atoms with Crippen LogP contribution in [-0.2, 0) is 0 Å². The van der Waals surface area contributed by atoms with Crippen molar-refractivity contribution in [2.45, 2.75) is 0 Å². The van der Waals surface area contributed by atoms with E-state index in [-0.39, 0.29) is 0 Å². The van der Waals surface area contributed by atoms with E-state index in [0.717, 1.165) is 20.9 Å². The van der Waals surface area contributed by atoms with Crippen LogP contribution in [0.15, 0.2) is 34.3 Å². The first-order chi connectivity index (χ1) is 6.83. The summed E-state index contributed by atoms with van der Waals surface area (Å²) >= 11 is 3.40. The van der Waals surface area contributed by atoms with Crippen LogP contribution >= 0.6 is 15.9 Å². The Morgan fingerprint density at radius 2 is 2.29 bits per heavy atom. The Labute approximate surface area is 88.4 Å². The molecular weight excluding hydrogens is 246 g/mol. The summed E-state index contributed by atoms with van der Waals surface area (Å²) in [6.45, 7) is 0. The molecule has 0 unspecified atom stereocenters. The molecule has 0 atom stereocenters. The lowest BCUT2D eigenvalue weighted by Gasteiger charge is -2.01. The molecule has 2 aromatic rings. The topological polar surface area (TPSA) is 58.4 Å². The van der Waals surface area contributed by atoms with Crippen LogP contribution in [0.5, 0.6) is 0 Å². The van der Waals surface area contributed by atoms with Crippen LogP contribution in [0.3, 0.4) is 0 Å². The van der Waals surface area contributed by atoms with Crippen molar-refractivity contribution in [3.8, 4) is 0 Å². The van der Waals surface area contributed by atoms with Gasteiger partial charge in [0, 0.05) is 21.6 Å². The van der Waals surface area contributed by atoms with Gasteiger partial charge in [0.05, 0.1) is 11.7 Å². The summed E-state index contributed by atoms with van der Waals surface area (Å²) in [5.74, 6) is 0. The summed E-state index contributed by atoms with van der Waals surface area (Å²) < 4.78 is 0.920. The first kappa shape index (κ1) is 9.08. The molecule has 0 radical (unpaired) electrons. The minimum Gasteiger partial charge on any atom is -0.411 e. The Morgan fingerprint density at radius 3 is 3.07 bits per heavy atom. The fourth-order valence-corrected chi connectivity index (χ4v) is 1.65. The van der Waals surface area contributed by atoms with Gasteiger partial charge in [0.25, 0.3) is 0 Å².